The van der Waals surface area contributed by atoms with Crippen LogP contribution in [0.4, 0.5) is 10.5 Å². The van der Waals surface area contributed by atoms with Gasteiger partial charge in [-0.15, -0.1) is 0 Å². The first-order chi connectivity index (χ1) is 8.72. The van der Waals surface area contributed by atoms with E-state index in [0.717, 1.165) is 32.7 Å². The van der Waals surface area contributed by atoms with Crippen LogP contribution in [0.2, 0.25) is 0 Å². The summed E-state index contributed by atoms with van der Waals surface area (Å²) in [5, 5.41) is 0. The third kappa shape index (κ3) is 2.75. The van der Waals surface area contributed by atoms with E-state index in [4.69, 9.17) is 0 Å². The number of anilines is 1. The third-order valence-electron chi connectivity index (χ3n) is 3.47. The highest BCUT2D eigenvalue weighted by Crippen LogP contribution is 2.15. The number of rotatable bonds is 2. The maximum Gasteiger partial charge on any atom is 0.319 e. The molecule has 0 aliphatic carbocycles. The number of carbonyl (C=O) groups is 1. The van der Waals surface area contributed by atoms with E-state index in [9.17, 15) is 4.79 Å². The lowest BCUT2D eigenvalue weighted by Crippen LogP contribution is -2.52. The van der Waals surface area contributed by atoms with Gasteiger partial charge in [0.1, 0.15) is 0 Å². The van der Waals surface area contributed by atoms with Crippen LogP contribution in [0.1, 0.15) is 6.92 Å². The van der Waals surface area contributed by atoms with Gasteiger partial charge in [0.15, 0.2) is 0 Å². The standard InChI is InChI=1S/C14H21N3O/c1-3-15(2)14(18)17-11-9-16(10-12-17)13-7-5-4-6-8-13/h4-8H,3,9-12H2,1-2H3. The van der Waals surface area contributed by atoms with E-state index < -0.39 is 0 Å². The average Bonchev–Trinajstić information content (AvgIpc) is 2.47. The molecule has 0 N–H and O–H groups in total. The summed E-state index contributed by atoms with van der Waals surface area (Å²) < 4.78 is 0. The largest absolute Gasteiger partial charge is 0.368 e. The number of benzene rings is 1. The number of hydrogen-bond acceptors (Lipinski definition) is 2. The van der Waals surface area contributed by atoms with Gasteiger partial charge in [0.25, 0.3) is 0 Å². The van der Waals surface area contributed by atoms with Gasteiger partial charge >= 0.3 is 6.03 Å². The molecule has 1 fully saturated rings. The second-order valence-corrected chi connectivity index (χ2v) is 4.61. The van der Waals surface area contributed by atoms with Crippen LogP contribution in [0.5, 0.6) is 0 Å². The summed E-state index contributed by atoms with van der Waals surface area (Å²) in [6.45, 7) is 6.19. The Balaban J connectivity index is 1.90. The van der Waals surface area contributed by atoms with E-state index in [2.05, 4.69) is 29.2 Å². The molecule has 0 radical (unpaired) electrons. The molecule has 18 heavy (non-hydrogen) atoms. The minimum Gasteiger partial charge on any atom is -0.368 e. The number of para-hydroxylation sites is 1. The molecule has 0 aromatic heterocycles. The minimum absolute atomic E-state index is 0.144. The van der Waals surface area contributed by atoms with Gasteiger partial charge in [0, 0.05) is 45.5 Å². The van der Waals surface area contributed by atoms with Crippen LogP contribution in [-0.4, -0.2) is 55.6 Å². The zero-order chi connectivity index (χ0) is 13.0. The lowest BCUT2D eigenvalue weighted by molar-refractivity contribution is 0.161. The molecule has 0 saturated carbocycles. The Morgan fingerprint density at radius 3 is 2.33 bits per heavy atom. The number of nitrogens with zero attached hydrogens (tertiary/aromatic N) is 3. The van der Waals surface area contributed by atoms with E-state index in [1.807, 2.05) is 24.9 Å². The lowest BCUT2D eigenvalue weighted by atomic mass is 10.2. The summed E-state index contributed by atoms with van der Waals surface area (Å²) in [6, 6.07) is 10.5. The van der Waals surface area contributed by atoms with Crippen LogP contribution >= 0.6 is 0 Å². The van der Waals surface area contributed by atoms with E-state index in [1.165, 1.54) is 5.69 Å². The second kappa shape index (κ2) is 5.76. The van der Waals surface area contributed by atoms with Crippen LogP contribution in [0.15, 0.2) is 30.3 Å². The monoisotopic (exact) mass is 247 g/mol. The predicted molar refractivity (Wildman–Crippen MR) is 73.9 cm³/mol. The molecule has 0 atom stereocenters. The smallest absolute Gasteiger partial charge is 0.319 e. The van der Waals surface area contributed by atoms with Crippen molar-refractivity contribution in [2.45, 2.75) is 6.92 Å². The van der Waals surface area contributed by atoms with Gasteiger partial charge in [0.2, 0.25) is 0 Å². The Morgan fingerprint density at radius 1 is 1.17 bits per heavy atom. The molecule has 4 nitrogen and oxygen atoms in total. The van der Waals surface area contributed by atoms with Crippen molar-refractivity contribution < 1.29 is 4.79 Å². The van der Waals surface area contributed by atoms with Crippen molar-refractivity contribution in [2.75, 3.05) is 44.7 Å². The maximum absolute atomic E-state index is 12.0. The zero-order valence-electron chi connectivity index (χ0n) is 11.2. The highest BCUT2D eigenvalue weighted by atomic mass is 16.2. The fraction of sp³-hybridized carbons (Fsp3) is 0.500. The number of amides is 2. The van der Waals surface area contributed by atoms with Gasteiger partial charge < -0.3 is 14.7 Å². The van der Waals surface area contributed by atoms with Crippen LogP contribution in [-0.2, 0) is 0 Å². The molecular weight excluding hydrogens is 226 g/mol. The summed E-state index contributed by atoms with van der Waals surface area (Å²) in [6.07, 6.45) is 0. The van der Waals surface area contributed by atoms with Crippen molar-refractivity contribution in [1.82, 2.24) is 9.80 Å². The molecule has 0 bridgehead atoms. The Bertz CT molecular complexity index is 385. The molecule has 1 aliphatic rings. The van der Waals surface area contributed by atoms with Gasteiger partial charge in [-0.1, -0.05) is 18.2 Å². The van der Waals surface area contributed by atoms with Crippen LogP contribution in [0.25, 0.3) is 0 Å². The summed E-state index contributed by atoms with van der Waals surface area (Å²) in [4.78, 5) is 18.0. The van der Waals surface area contributed by atoms with E-state index in [0.29, 0.717) is 0 Å². The molecule has 1 aliphatic heterocycles. The first-order valence-electron chi connectivity index (χ1n) is 6.52. The quantitative estimate of drug-likeness (QED) is 0.798. The molecule has 4 heteroatoms. The second-order valence-electron chi connectivity index (χ2n) is 4.61. The zero-order valence-corrected chi connectivity index (χ0v) is 11.2. The number of hydrogen-bond donors (Lipinski definition) is 0. The van der Waals surface area contributed by atoms with Crippen molar-refractivity contribution in [1.29, 1.82) is 0 Å². The van der Waals surface area contributed by atoms with Gasteiger partial charge in [-0.05, 0) is 19.1 Å². The maximum atomic E-state index is 12.0. The molecule has 1 heterocycles. The molecule has 2 amide bonds. The minimum atomic E-state index is 0.144. The molecule has 0 unspecified atom stereocenters. The fourth-order valence-electron chi connectivity index (χ4n) is 2.17. The molecule has 0 spiro atoms. The highest BCUT2D eigenvalue weighted by Gasteiger charge is 2.22. The molecule has 1 aromatic rings. The van der Waals surface area contributed by atoms with Crippen molar-refractivity contribution in [3.05, 3.63) is 30.3 Å². The van der Waals surface area contributed by atoms with Crippen LogP contribution in [0.3, 0.4) is 0 Å². The molecule has 1 aromatic carbocycles. The number of urea groups is 1. The molecule has 2 rings (SSSR count). The highest BCUT2D eigenvalue weighted by molar-refractivity contribution is 5.74. The lowest BCUT2D eigenvalue weighted by Gasteiger charge is -2.37. The van der Waals surface area contributed by atoms with Crippen molar-refractivity contribution in [2.24, 2.45) is 0 Å². The first kappa shape index (κ1) is 12.7. The fourth-order valence-corrected chi connectivity index (χ4v) is 2.17. The number of carbonyl (C=O) groups excluding carboxylic acids is 1. The normalized spacial score (nSPS) is 15.7. The van der Waals surface area contributed by atoms with Gasteiger partial charge in [-0.3, -0.25) is 0 Å². The Labute approximate surface area is 109 Å². The van der Waals surface area contributed by atoms with Gasteiger partial charge in [-0.25, -0.2) is 4.79 Å². The van der Waals surface area contributed by atoms with Crippen LogP contribution < -0.4 is 4.90 Å². The summed E-state index contributed by atoms with van der Waals surface area (Å²) in [7, 11) is 1.85. The SMILES string of the molecule is CCN(C)C(=O)N1CCN(c2ccccc2)CC1. The van der Waals surface area contributed by atoms with Crippen LogP contribution in [0, 0.1) is 0 Å². The van der Waals surface area contributed by atoms with E-state index in [-0.39, 0.29) is 6.03 Å². The van der Waals surface area contributed by atoms with Crippen molar-refractivity contribution in [3.8, 4) is 0 Å². The Morgan fingerprint density at radius 2 is 1.78 bits per heavy atom. The van der Waals surface area contributed by atoms with Crippen molar-refractivity contribution in [3.63, 3.8) is 0 Å². The Hall–Kier alpha value is -1.71. The molecular formula is C14H21N3O. The van der Waals surface area contributed by atoms with Gasteiger partial charge in [-0.2, -0.15) is 0 Å². The first-order valence-corrected chi connectivity index (χ1v) is 6.52. The third-order valence-corrected chi connectivity index (χ3v) is 3.47. The molecule has 1 saturated heterocycles. The van der Waals surface area contributed by atoms with E-state index in [1.54, 1.807) is 4.90 Å². The summed E-state index contributed by atoms with van der Waals surface area (Å²) in [5.41, 5.74) is 1.24. The number of piperazine rings is 1. The summed E-state index contributed by atoms with van der Waals surface area (Å²) in [5.74, 6) is 0. The summed E-state index contributed by atoms with van der Waals surface area (Å²) >= 11 is 0. The topological polar surface area (TPSA) is 26.8 Å². The van der Waals surface area contributed by atoms with Crippen molar-refractivity contribution >= 4 is 11.7 Å². The van der Waals surface area contributed by atoms with E-state index >= 15 is 0 Å². The Kier molecular flexibility index (Phi) is 4.07. The average molecular weight is 247 g/mol. The molecule has 98 valence electrons. The van der Waals surface area contributed by atoms with Gasteiger partial charge in [0.05, 0.1) is 0 Å². The predicted octanol–water partition coefficient (Wildman–Crippen LogP) is 1.88.